The van der Waals surface area contributed by atoms with E-state index in [1.165, 1.54) is 29.5 Å². The van der Waals surface area contributed by atoms with Crippen LogP contribution in [0.25, 0.3) is 0 Å². The summed E-state index contributed by atoms with van der Waals surface area (Å²) in [6.07, 6.45) is 8.58. The summed E-state index contributed by atoms with van der Waals surface area (Å²) in [7, 11) is 1.87. The monoisotopic (exact) mass is 308 g/mol. The highest BCUT2D eigenvalue weighted by atomic mass is 16.5. The molecule has 1 aromatic heterocycles. The number of ether oxygens (including phenoxy) is 1. The molecule has 4 rings (SSSR count). The quantitative estimate of drug-likeness (QED) is 0.944. The molecule has 0 saturated carbocycles. The van der Waals surface area contributed by atoms with Crippen LogP contribution in [0.1, 0.15) is 35.6 Å². The summed E-state index contributed by atoms with van der Waals surface area (Å²) in [6, 6.07) is 13.6. The Kier molecular flexibility index (Phi) is 3.92. The highest BCUT2D eigenvalue weighted by Gasteiger charge is 2.48. The van der Waals surface area contributed by atoms with Gasteiger partial charge in [0, 0.05) is 31.0 Å². The largest absolute Gasteiger partial charge is 0.376 e. The third kappa shape index (κ3) is 2.68. The smallest absolute Gasteiger partial charge is 0.0884 e. The predicted octanol–water partition coefficient (Wildman–Crippen LogP) is 3.31. The maximum atomic E-state index is 5.99. The van der Waals surface area contributed by atoms with Crippen LogP contribution in [0.4, 0.5) is 0 Å². The Hall–Kier alpha value is -1.71. The van der Waals surface area contributed by atoms with Crippen LogP contribution in [0.5, 0.6) is 0 Å². The average Bonchev–Trinajstić information content (AvgIpc) is 2.88. The van der Waals surface area contributed by atoms with E-state index in [4.69, 9.17) is 4.74 Å². The third-order valence-electron chi connectivity index (χ3n) is 5.61. The predicted molar refractivity (Wildman–Crippen MR) is 91.3 cm³/mol. The molecule has 120 valence electrons. The fraction of sp³-hybridized carbons (Fsp3) is 0.450. The molecule has 23 heavy (non-hydrogen) atoms. The zero-order chi connectivity index (χ0) is 15.7. The first-order chi connectivity index (χ1) is 11.3. The van der Waals surface area contributed by atoms with E-state index in [0.29, 0.717) is 6.04 Å². The summed E-state index contributed by atoms with van der Waals surface area (Å²) in [5.41, 5.74) is 4.49. The molecule has 0 amide bonds. The van der Waals surface area contributed by atoms with Crippen LogP contribution in [-0.2, 0) is 17.6 Å². The topological polar surface area (TPSA) is 34.1 Å². The molecule has 1 saturated heterocycles. The summed E-state index contributed by atoms with van der Waals surface area (Å²) in [4.78, 5) is 4.12. The van der Waals surface area contributed by atoms with Crippen LogP contribution < -0.4 is 5.32 Å². The molecule has 1 N–H and O–H groups in total. The minimum atomic E-state index is 0.237. The van der Waals surface area contributed by atoms with Crippen LogP contribution >= 0.6 is 0 Å². The highest BCUT2D eigenvalue weighted by Crippen LogP contribution is 2.53. The molecule has 2 aromatic rings. The van der Waals surface area contributed by atoms with Gasteiger partial charge in [-0.05, 0) is 61.1 Å². The lowest BCUT2D eigenvalue weighted by Crippen LogP contribution is -2.47. The Morgan fingerprint density at radius 2 is 2.04 bits per heavy atom. The van der Waals surface area contributed by atoms with Crippen molar-refractivity contribution < 1.29 is 4.74 Å². The van der Waals surface area contributed by atoms with Gasteiger partial charge >= 0.3 is 0 Å². The van der Waals surface area contributed by atoms with Crippen LogP contribution in [0.3, 0.4) is 0 Å². The first-order valence-electron chi connectivity index (χ1n) is 8.54. The van der Waals surface area contributed by atoms with Gasteiger partial charge in [0.1, 0.15) is 0 Å². The van der Waals surface area contributed by atoms with Crippen LogP contribution in [-0.4, -0.2) is 24.7 Å². The Labute approximate surface area is 138 Å². The van der Waals surface area contributed by atoms with Gasteiger partial charge in [-0.1, -0.05) is 24.3 Å². The molecule has 1 spiro atoms. The molecule has 3 nitrogen and oxygen atoms in total. The summed E-state index contributed by atoms with van der Waals surface area (Å²) >= 11 is 0. The van der Waals surface area contributed by atoms with Crippen molar-refractivity contribution in [2.75, 3.05) is 13.7 Å². The van der Waals surface area contributed by atoms with Gasteiger partial charge in [-0.3, -0.25) is 4.98 Å². The molecule has 1 fully saturated rings. The van der Waals surface area contributed by atoms with Gasteiger partial charge in [0.05, 0.1) is 6.10 Å². The van der Waals surface area contributed by atoms with Crippen molar-refractivity contribution in [1.29, 1.82) is 0 Å². The molecule has 0 radical (unpaired) electrons. The van der Waals surface area contributed by atoms with E-state index in [0.717, 1.165) is 19.4 Å². The fourth-order valence-electron chi connectivity index (χ4n) is 4.67. The van der Waals surface area contributed by atoms with Crippen molar-refractivity contribution in [1.82, 2.24) is 10.3 Å². The van der Waals surface area contributed by atoms with Crippen LogP contribution in [0.2, 0.25) is 0 Å². The van der Waals surface area contributed by atoms with E-state index in [1.54, 1.807) is 0 Å². The average molecular weight is 308 g/mol. The summed E-state index contributed by atoms with van der Waals surface area (Å²) in [5, 5.41) is 3.71. The van der Waals surface area contributed by atoms with E-state index in [-0.39, 0.29) is 11.5 Å². The lowest BCUT2D eigenvalue weighted by molar-refractivity contribution is -0.0290. The van der Waals surface area contributed by atoms with Gasteiger partial charge in [-0.25, -0.2) is 0 Å². The molecular formula is C20H24N2O. The van der Waals surface area contributed by atoms with Crippen molar-refractivity contribution in [2.24, 2.45) is 5.41 Å². The number of aromatic nitrogens is 1. The second kappa shape index (κ2) is 6.06. The van der Waals surface area contributed by atoms with E-state index >= 15 is 0 Å². The number of hydrogen-bond donors (Lipinski definition) is 1. The van der Waals surface area contributed by atoms with Gasteiger partial charge in [-0.2, -0.15) is 0 Å². The molecule has 3 atom stereocenters. The first kappa shape index (κ1) is 14.9. The minimum absolute atomic E-state index is 0.237. The molecule has 1 aromatic carbocycles. The SMILES string of the molecule is COC1c2ccccc2CC12CCNC(Cc1ccncc1)C2. The number of nitrogens with one attached hydrogen (secondary N) is 1. The van der Waals surface area contributed by atoms with Crippen molar-refractivity contribution in [2.45, 2.75) is 37.8 Å². The molecule has 2 heterocycles. The van der Waals surface area contributed by atoms with Crippen molar-refractivity contribution >= 4 is 0 Å². The normalized spacial score (nSPS) is 29.6. The highest BCUT2D eigenvalue weighted by molar-refractivity contribution is 5.37. The maximum Gasteiger partial charge on any atom is 0.0884 e. The number of rotatable bonds is 3. The number of benzene rings is 1. The summed E-state index contributed by atoms with van der Waals surface area (Å²) in [5.74, 6) is 0. The van der Waals surface area contributed by atoms with Gasteiger partial charge in [0.15, 0.2) is 0 Å². The van der Waals surface area contributed by atoms with E-state index < -0.39 is 0 Å². The Balaban J connectivity index is 1.57. The molecule has 1 aliphatic heterocycles. The number of piperidine rings is 1. The van der Waals surface area contributed by atoms with Gasteiger partial charge in [0.25, 0.3) is 0 Å². The Morgan fingerprint density at radius 1 is 1.22 bits per heavy atom. The molecule has 0 bridgehead atoms. The zero-order valence-corrected chi connectivity index (χ0v) is 13.7. The first-order valence-corrected chi connectivity index (χ1v) is 8.54. The number of methoxy groups -OCH3 is 1. The second-order valence-electron chi connectivity index (χ2n) is 7.02. The van der Waals surface area contributed by atoms with E-state index in [2.05, 4.69) is 46.7 Å². The van der Waals surface area contributed by atoms with Crippen LogP contribution in [0, 0.1) is 5.41 Å². The Bertz CT molecular complexity index is 672. The molecule has 1 aliphatic carbocycles. The van der Waals surface area contributed by atoms with Crippen molar-refractivity contribution in [3.8, 4) is 0 Å². The Morgan fingerprint density at radius 3 is 2.87 bits per heavy atom. The second-order valence-corrected chi connectivity index (χ2v) is 7.02. The van der Waals surface area contributed by atoms with Crippen molar-refractivity contribution in [3.05, 3.63) is 65.5 Å². The van der Waals surface area contributed by atoms with Gasteiger partial charge < -0.3 is 10.1 Å². The number of hydrogen-bond acceptors (Lipinski definition) is 3. The fourth-order valence-corrected chi connectivity index (χ4v) is 4.67. The molecule has 2 aliphatic rings. The lowest BCUT2D eigenvalue weighted by atomic mass is 9.71. The number of fused-ring (bicyclic) bond motifs is 1. The summed E-state index contributed by atoms with van der Waals surface area (Å²) in [6.45, 7) is 1.07. The van der Waals surface area contributed by atoms with E-state index in [9.17, 15) is 0 Å². The van der Waals surface area contributed by atoms with E-state index in [1.807, 2.05) is 19.5 Å². The molecule has 3 unspecified atom stereocenters. The lowest BCUT2D eigenvalue weighted by Gasteiger charge is -2.42. The molecular weight excluding hydrogens is 284 g/mol. The van der Waals surface area contributed by atoms with Crippen molar-refractivity contribution in [3.63, 3.8) is 0 Å². The summed E-state index contributed by atoms with van der Waals surface area (Å²) < 4.78 is 5.99. The van der Waals surface area contributed by atoms with Crippen LogP contribution in [0.15, 0.2) is 48.8 Å². The van der Waals surface area contributed by atoms with Gasteiger partial charge in [-0.15, -0.1) is 0 Å². The number of pyridine rings is 1. The van der Waals surface area contributed by atoms with Gasteiger partial charge in [0.2, 0.25) is 0 Å². The maximum absolute atomic E-state index is 5.99. The number of nitrogens with zero attached hydrogens (tertiary/aromatic N) is 1. The third-order valence-corrected chi connectivity index (χ3v) is 5.61. The standard InChI is InChI=1S/C20H24N2O/c1-23-19-18-5-3-2-4-16(18)13-20(19)8-11-22-17(14-20)12-15-6-9-21-10-7-15/h2-7,9-10,17,19,22H,8,11-14H2,1H3. The minimum Gasteiger partial charge on any atom is -0.376 e. The zero-order valence-electron chi connectivity index (χ0n) is 13.7. The molecule has 3 heteroatoms.